The average molecular weight is 274 g/mol. The van der Waals surface area contributed by atoms with Crippen LogP contribution in [0.4, 0.5) is 5.69 Å². The maximum Gasteiger partial charge on any atom is 0.220 e. The Morgan fingerprint density at radius 2 is 2.40 bits per heavy atom. The molecule has 108 valence electrons. The predicted molar refractivity (Wildman–Crippen MR) is 80.8 cm³/mol. The van der Waals surface area contributed by atoms with Crippen LogP contribution in [0, 0.1) is 0 Å². The van der Waals surface area contributed by atoms with Gasteiger partial charge in [0.2, 0.25) is 5.91 Å². The molecule has 1 aliphatic heterocycles. The number of aliphatic hydroxyl groups is 1. The van der Waals surface area contributed by atoms with Gasteiger partial charge in [0, 0.05) is 32.2 Å². The number of benzene rings is 1. The lowest BCUT2D eigenvalue weighted by Crippen LogP contribution is -2.28. The summed E-state index contributed by atoms with van der Waals surface area (Å²) in [7, 11) is 2.07. The van der Waals surface area contributed by atoms with E-state index in [0.717, 1.165) is 18.5 Å². The molecule has 1 heterocycles. The van der Waals surface area contributed by atoms with Crippen molar-refractivity contribution in [2.75, 3.05) is 25.0 Å². The molecule has 2 rings (SSSR count). The summed E-state index contributed by atoms with van der Waals surface area (Å²) in [6.45, 7) is 4.86. The third-order valence-electron chi connectivity index (χ3n) is 3.68. The van der Waals surface area contributed by atoms with E-state index < -0.39 is 6.10 Å². The maximum absolute atomic E-state index is 11.5. The number of hydrogen-bond donors (Lipinski definition) is 2. The fourth-order valence-corrected chi connectivity index (χ4v) is 2.44. The van der Waals surface area contributed by atoms with Crippen LogP contribution in [0.1, 0.15) is 30.1 Å². The first-order chi connectivity index (χ1) is 9.61. The fourth-order valence-electron chi connectivity index (χ4n) is 2.44. The molecule has 0 saturated heterocycles. The molecule has 0 aliphatic carbocycles. The van der Waals surface area contributed by atoms with Crippen LogP contribution in [0.25, 0.3) is 0 Å². The first kappa shape index (κ1) is 14.6. The van der Waals surface area contributed by atoms with E-state index in [1.54, 1.807) is 6.08 Å². The van der Waals surface area contributed by atoms with Crippen molar-refractivity contribution in [2.24, 2.45) is 0 Å². The number of aliphatic hydroxyl groups excluding tert-OH is 1. The van der Waals surface area contributed by atoms with Crippen molar-refractivity contribution in [3.05, 3.63) is 42.0 Å². The molecule has 1 aromatic rings. The molecule has 1 amide bonds. The summed E-state index contributed by atoms with van der Waals surface area (Å²) >= 11 is 0. The van der Waals surface area contributed by atoms with Crippen molar-refractivity contribution >= 4 is 11.6 Å². The second kappa shape index (κ2) is 6.57. The summed E-state index contributed by atoms with van der Waals surface area (Å²) in [6, 6.07) is 6.01. The van der Waals surface area contributed by atoms with Gasteiger partial charge in [0.1, 0.15) is 0 Å². The largest absolute Gasteiger partial charge is 0.387 e. The Morgan fingerprint density at radius 1 is 1.60 bits per heavy atom. The van der Waals surface area contributed by atoms with Crippen LogP contribution in [-0.4, -0.2) is 31.2 Å². The molecule has 4 nitrogen and oxygen atoms in total. The van der Waals surface area contributed by atoms with Crippen molar-refractivity contribution in [1.82, 2.24) is 5.32 Å². The summed E-state index contributed by atoms with van der Waals surface area (Å²) in [5, 5.41) is 12.9. The molecular weight excluding hydrogens is 252 g/mol. The van der Waals surface area contributed by atoms with Crippen LogP contribution in [0.2, 0.25) is 0 Å². The summed E-state index contributed by atoms with van der Waals surface area (Å²) in [5.74, 6) is -0.0511. The number of nitrogens with zero attached hydrogens (tertiary/aromatic N) is 1. The topological polar surface area (TPSA) is 52.6 Å². The van der Waals surface area contributed by atoms with Gasteiger partial charge in [-0.3, -0.25) is 4.79 Å². The fraction of sp³-hybridized carbons (Fsp3) is 0.438. The molecule has 0 radical (unpaired) electrons. The SMILES string of the molecule is C=CCCC(=O)NCC(O)c1ccc2c(c1)CCN2C. The van der Waals surface area contributed by atoms with Crippen LogP contribution in [0.5, 0.6) is 0 Å². The van der Waals surface area contributed by atoms with E-state index >= 15 is 0 Å². The molecule has 0 saturated carbocycles. The average Bonchev–Trinajstić information content (AvgIpc) is 2.83. The number of fused-ring (bicyclic) bond motifs is 1. The minimum Gasteiger partial charge on any atom is -0.387 e. The standard InChI is InChI=1S/C16H22N2O2/c1-3-4-5-16(20)17-11-15(19)13-6-7-14-12(10-13)8-9-18(14)2/h3,6-7,10,15,19H,1,4-5,8-9,11H2,2H3,(H,17,20). The van der Waals surface area contributed by atoms with E-state index in [9.17, 15) is 9.90 Å². The van der Waals surface area contributed by atoms with Crippen LogP contribution >= 0.6 is 0 Å². The van der Waals surface area contributed by atoms with Gasteiger partial charge in [-0.15, -0.1) is 6.58 Å². The Hall–Kier alpha value is -1.81. The lowest BCUT2D eigenvalue weighted by Gasteiger charge is -2.15. The van der Waals surface area contributed by atoms with Crippen molar-refractivity contribution in [3.63, 3.8) is 0 Å². The molecule has 20 heavy (non-hydrogen) atoms. The van der Waals surface area contributed by atoms with E-state index in [-0.39, 0.29) is 12.5 Å². The van der Waals surface area contributed by atoms with Gasteiger partial charge in [-0.1, -0.05) is 18.2 Å². The maximum atomic E-state index is 11.5. The third-order valence-corrected chi connectivity index (χ3v) is 3.68. The zero-order chi connectivity index (χ0) is 14.5. The predicted octanol–water partition coefficient (Wildman–Crippen LogP) is 1.79. The number of anilines is 1. The highest BCUT2D eigenvalue weighted by molar-refractivity contribution is 5.76. The first-order valence-corrected chi connectivity index (χ1v) is 7.01. The number of carbonyl (C=O) groups excluding carboxylic acids is 1. The Balaban J connectivity index is 1.91. The van der Waals surface area contributed by atoms with Crippen LogP contribution in [0.15, 0.2) is 30.9 Å². The van der Waals surface area contributed by atoms with Crippen LogP contribution in [0.3, 0.4) is 0 Å². The highest BCUT2D eigenvalue weighted by Crippen LogP contribution is 2.29. The van der Waals surface area contributed by atoms with Gasteiger partial charge in [-0.25, -0.2) is 0 Å². The summed E-state index contributed by atoms with van der Waals surface area (Å²) in [4.78, 5) is 13.7. The molecule has 1 unspecified atom stereocenters. The zero-order valence-electron chi connectivity index (χ0n) is 11.9. The molecule has 4 heteroatoms. The second-order valence-electron chi connectivity index (χ2n) is 5.21. The van der Waals surface area contributed by atoms with E-state index in [1.807, 2.05) is 18.2 Å². The minimum atomic E-state index is -0.654. The van der Waals surface area contributed by atoms with Gasteiger partial charge in [-0.2, -0.15) is 0 Å². The smallest absolute Gasteiger partial charge is 0.220 e. The van der Waals surface area contributed by atoms with E-state index in [2.05, 4.69) is 23.8 Å². The van der Waals surface area contributed by atoms with Gasteiger partial charge in [0.05, 0.1) is 6.10 Å². The number of allylic oxidation sites excluding steroid dienone is 1. The highest BCUT2D eigenvalue weighted by atomic mass is 16.3. The van der Waals surface area contributed by atoms with E-state index in [4.69, 9.17) is 0 Å². The van der Waals surface area contributed by atoms with Gasteiger partial charge in [0.25, 0.3) is 0 Å². The lowest BCUT2D eigenvalue weighted by atomic mass is 10.0. The molecule has 1 atom stereocenters. The highest BCUT2D eigenvalue weighted by Gasteiger charge is 2.18. The molecule has 1 aliphatic rings. The molecule has 0 spiro atoms. The molecule has 0 fully saturated rings. The minimum absolute atomic E-state index is 0.0511. The molecule has 0 bridgehead atoms. The summed E-state index contributed by atoms with van der Waals surface area (Å²) in [5.41, 5.74) is 3.36. The molecule has 1 aromatic carbocycles. The lowest BCUT2D eigenvalue weighted by molar-refractivity contribution is -0.121. The van der Waals surface area contributed by atoms with E-state index in [0.29, 0.717) is 12.8 Å². The number of rotatable bonds is 6. The number of nitrogens with one attached hydrogen (secondary N) is 1. The van der Waals surface area contributed by atoms with E-state index in [1.165, 1.54) is 11.3 Å². The Kier molecular flexibility index (Phi) is 4.79. The number of likely N-dealkylation sites (N-methyl/N-ethyl adjacent to an activating group) is 1. The normalized spacial score (nSPS) is 14.8. The van der Waals surface area contributed by atoms with Crippen molar-refractivity contribution < 1.29 is 9.90 Å². The molecule has 0 aromatic heterocycles. The van der Waals surface area contributed by atoms with Gasteiger partial charge >= 0.3 is 0 Å². The summed E-state index contributed by atoms with van der Waals surface area (Å²) in [6.07, 6.45) is 3.16. The van der Waals surface area contributed by atoms with Crippen molar-refractivity contribution in [2.45, 2.75) is 25.4 Å². The summed E-state index contributed by atoms with van der Waals surface area (Å²) < 4.78 is 0. The van der Waals surface area contributed by atoms with Gasteiger partial charge in [-0.05, 0) is 30.0 Å². The first-order valence-electron chi connectivity index (χ1n) is 7.01. The third kappa shape index (κ3) is 3.39. The quantitative estimate of drug-likeness (QED) is 0.778. The van der Waals surface area contributed by atoms with Crippen molar-refractivity contribution in [1.29, 1.82) is 0 Å². The second-order valence-corrected chi connectivity index (χ2v) is 5.21. The van der Waals surface area contributed by atoms with Gasteiger partial charge in [0.15, 0.2) is 0 Å². The zero-order valence-corrected chi connectivity index (χ0v) is 11.9. The Morgan fingerprint density at radius 3 is 3.15 bits per heavy atom. The molecule has 2 N–H and O–H groups in total. The molecular formula is C16H22N2O2. The Bertz CT molecular complexity index is 499. The monoisotopic (exact) mass is 274 g/mol. The number of hydrogen-bond acceptors (Lipinski definition) is 3. The van der Waals surface area contributed by atoms with Crippen LogP contribution < -0.4 is 10.2 Å². The Labute approximate surface area is 120 Å². The van der Waals surface area contributed by atoms with Crippen molar-refractivity contribution in [3.8, 4) is 0 Å². The number of amides is 1. The van der Waals surface area contributed by atoms with Crippen LogP contribution in [-0.2, 0) is 11.2 Å². The number of carbonyl (C=O) groups is 1. The van der Waals surface area contributed by atoms with Gasteiger partial charge < -0.3 is 15.3 Å².